The molecule has 1 saturated carbocycles. The van der Waals surface area contributed by atoms with E-state index in [0.29, 0.717) is 11.7 Å². The van der Waals surface area contributed by atoms with Gasteiger partial charge in [-0.25, -0.2) is 4.98 Å². The molecule has 0 saturated heterocycles. The molecular formula is C23H31ClIN5O. The molecule has 3 N–H and O–H groups in total. The fraction of sp³-hybridized carbons (Fsp3) is 0.435. The highest BCUT2D eigenvalue weighted by molar-refractivity contribution is 14.0. The van der Waals surface area contributed by atoms with Gasteiger partial charge in [-0.05, 0) is 48.6 Å². The fourth-order valence-corrected chi connectivity index (χ4v) is 3.77. The number of aromatic nitrogens is 1. The molecule has 1 fully saturated rings. The van der Waals surface area contributed by atoms with Gasteiger partial charge in [-0.2, -0.15) is 0 Å². The van der Waals surface area contributed by atoms with Crippen LogP contribution in [0.25, 0.3) is 0 Å². The Morgan fingerprint density at radius 2 is 1.94 bits per heavy atom. The number of nitrogens with zero attached hydrogens (tertiary/aromatic N) is 2. The van der Waals surface area contributed by atoms with E-state index in [0.717, 1.165) is 61.4 Å². The van der Waals surface area contributed by atoms with Gasteiger partial charge in [-0.3, -0.25) is 9.79 Å². The van der Waals surface area contributed by atoms with Gasteiger partial charge in [0, 0.05) is 37.9 Å². The number of pyridine rings is 1. The second-order valence-corrected chi connectivity index (χ2v) is 8.00. The first-order valence-electron chi connectivity index (χ1n) is 10.6. The first-order chi connectivity index (χ1) is 14.6. The average molecular weight is 556 g/mol. The zero-order chi connectivity index (χ0) is 21.2. The lowest BCUT2D eigenvalue weighted by Crippen LogP contribution is -2.37. The molecule has 8 heteroatoms. The van der Waals surface area contributed by atoms with Crippen molar-refractivity contribution in [3.8, 4) is 0 Å². The van der Waals surface area contributed by atoms with E-state index >= 15 is 0 Å². The first-order valence-corrected chi connectivity index (χ1v) is 11.0. The van der Waals surface area contributed by atoms with Crippen molar-refractivity contribution >= 4 is 53.1 Å². The van der Waals surface area contributed by atoms with Crippen LogP contribution in [0.5, 0.6) is 0 Å². The molecule has 31 heavy (non-hydrogen) atoms. The van der Waals surface area contributed by atoms with Crippen molar-refractivity contribution < 1.29 is 4.79 Å². The summed E-state index contributed by atoms with van der Waals surface area (Å²) in [5.41, 5.74) is 3.05. The summed E-state index contributed by atoms with van der Waals surface area (Å²) in [5, 5.41) is 10.2. The van der Waals surface area contributed by atoms with E-state index in [-0.39, 0.29) is 35.8 Å². The molecule has 1 aromatic carbocycles. The van der Waals surface area contributed by atoms with Crippen molar-refractivity contribution in [1.82, 2.24) is 15.6 Å². The Morgan fingerprint density at radius 1 is 1.13 bits per heavy atom. The summed E-state index contributed by atoms with van der Waals surface area (Å²) < 4.78 is 0. The van der Waals surface area contributed by atoms with Gasteiger partial charge in [0.1, 0.15) is 5.15 Å². The lowest BCUT2D eigenvalue weighted by molar-refractivity contribution is -0.120. The van der Waals surface area contributed by atoms with E-state index in [2.05, 4.69) is 25.9 Å². The third kappa shape index (κ3) is 8.65. The van der Waals surface area contributed by atoms with Crippen molar-refractivity contribution in [2.24, 2.45) is 10.9 Å². The first kappa shape index (κ1) is 25.4. The largest absolute Gasteiger partial charge is 0.356 e. The molecule has 1 aromatic heterocycles. The standard InChI is InChI=1S/C23H30ClN5O.HI/c1-25-23(26-13-12-17-10-11-21(24)27-15-17)28-16-18-6-5-9-20(14-18)29-22(30)19-7-3-2-4-8-19;/h5-6,9-11,14-15,19H,2-4,7-8,12-13,16H2,1H3,(H,29,30)(H2,25,26,28);1H. The Balaban J connectivity index is 0.00000341. The monoisotopic (exact) mass is 555 g/mol. The van der Waals surface area contributed by atoms with Gasteiger partial charge in [-0.1, -0.05) is 49.1 Å². The molecule has 1 amide bonds. The van der Waals surface area contributed by atoms with Gasteiger partial charge in [0.05, 0.1) is 0 Å². The molecule has 1 heterocycles. The predicted molar refractivity (Wildman–Crippen MR) is 138 cm³/mol. The van der Waals surface area contributed by atoms with Crippen LogP contribution in [0.4, 0.5) is 5.69 Å². The summed E-state index contributed by atoms with van der Waals surface area (Å²) in [7, 11) is 1.75. The number of aliphatic imine (C=N–C) groups is 1. The van der Waals surface area contributed by atoms with Gasteiger partial charge in [-0.15, -0.1) is 24.0 Å². The average Bonchev–Trinajstić information content (AvgIpc) is 2.78. The number of carbonyl (C=O) groups excluding carboxylic acids is 1. The summed E-state index contributed by atoms with van der Waals surface area (Å²) in [6, 6.07) is 11.7. The van der Waals surface area contributed by atoms with Gasteiger partial charge in [0.15, 0.2) is 5.96 Å². The van der Waals surface area contributed by atoms with E-state index < -0.39 is 0 Å². The van der Waals surface area contributed by atoms with E-state index in [9.17, 15) is 4.79 Å². The normalized spacial score (nSPS) is 14.5. The van der Waals surface area contributed by atoms with Gasteiger partial charge < -0.3 is 16.0 Å². The van der Waals surface area contributed by atoms with Crippen LogP contribution in [0.1, 0.15) is 43.2 Å². The molecule has 0 bridgehead atoms. The zero-order valence-electron chi connectivity index (χ0n) is 17.9. The number of nitrogens with one attached hydrogen (secondary N) is 3. The lowest BCUT2D eigenvalue weighted by Gasteiger charge is -2.21. The molecule has 1 aliphatic carbocycles. The quantitative estimate of drug-likeness (QED) is 0.199. The van der Waals surface area contributed by atoms with Crippen LogP contribution in [0, 0.1) is 5.92 Å². The summed E-state index contributed by atoms with van der Waals surface area (Å²) >= 11 is 5.82. The Labute approximate surface area is 206 Å². The van der Waals surface area contributed by atoms with Gasteiger partial charge >= 0.3 is 0 Å². The minimum atomic E-state index is 0. The second-order valence-electron chi connectivity index (χ2n) is 7.62. The number of hydrogen-bond acceptors (Lipinski definition) is 3. The van der Waals surface area contributed by atoms with Crippen molar-refractivity contribution in [2.45, 2.75) is 45.1 Å². The predicted octanol–water partition coefficient (Wildman–Crippen LogP) is 4.78. The third-order valence-electron chi connectivity index (χ3n) is 5.35. The molecule has 2 aromatic rings. The Morgan fingerprint density at radius 3 is 2.65 bits per heavy atom. The molecule has 6 nitrogen and oxygen atoms in total. The minimum Gasteiger partial charge on any atom is -0.356 e. The smallest absolute Gasteiger partial charge is 0.227 e. The molecular weight excluding hydrogens is 525 g/mol. The van der Waals surface area contributed by atoms with Crippen molar-refractivity contribution in [1.29, 1.82) is 0 Å². The highest BCUT2D eigenvalue weighted by atomic mass is 127. The van der Waals surface area contributed by atoms with Crippen molar-refractivity contribution in [3.63, 3.8) is 0 Å². The highest BCUT2D eigenvalue weighted by Gasteiger charge is 2.21. The molecule has 0 unspecified atom stereocenters. The van der Waals surface area contributed by atoms with Crippen LogP contribution in [-0.2, 0) is 17.8 Å². The second kappa shape index (κ2) is 13.5. The molecule has 0 radical (unpaired) electrons. The van der Waals surface area contributed by atoms with Crippen LogP contribution in [0.2, 0.25) is 5.15 Å². The maximum atomic E-state index is 12.5. The molecule has 168 valence electrons. The molecule has 3 rings (SSSR count). The number of rotatable bonds is 7. The maximum absolute atomic E-state index is 12.5. The number of benzene rings is 1. The molecule has 1 aliphatic rings. The Bertz CT molecular complexity index is 853. The summed E-state index contributed by atoms with van der Waals surface area (Å²) in [6.45, 7) is 1.36. The summed E-state index contributed by atoms with van der Waals surface area (Å²) in [4.78, 5) is 20.8. The maximum Gasteiger partial charge on any atom is 0.227 e. The minimum absolute atomic E-state index is 0. The van der Waals surface area contributed by atoms with Crippen LogP contribution in [0.15, 0.2) is 47.6 Å². The number of anilines is 1. The van der Waals surface area contributed by atoms with Crippen LogP contribution >= 0.6 is 35.6 Å². The van der Waals surface area contributed by atoms with E-state index in [1.54, 1.807) is 19.3 Å². The SMILES string of the molecule is CN=C(NCCc1ccc(Cl)nc1)NCc1cccc(NC(=O)C2CCCCC2)c1.I. The number of hydrogen-bond donors (Lipinski definition) is 3. The van der Waals surface area contributed by atoms with Crippen LogP contribution < -0.4 is 16.0 Å². The highest BCUT2D eigenvalue weighted by Crippen LogP contribution is 2.25. The molecule has 0 atom stereocenters. The van der Waals surface area contributed by atoms with E-state index in [1.165, 1.54) is 6.42 Å². The van der Waals surface area contributed by atoms with Crippen LogP contribution in [0.3, 0.4) is 0 Å². The summed E-state index contributed by atoms with van der Waals surface area (Å²) in [6.07, 6.45) is 8.17. The van der Waals surface area contributed by atoms with Crippen molar-refractivity contribution in [2.75, 3.05) is 18.9 Å². The summed E-state index contributed by atoms with van der Waals surface area (Å²) in [5.74, 6) is 1.03. The number of amides is 1. The number of guanidine groups is 1. The third-order valence-corrected chi connectivity index (χ3v) is 5.57. The van der Waals surface area contributed by atoms with Crippen LogP contribution in [-0.4, -0.2) is 30.4 Å². The van der Waals surface area contributed by atoms with Gasteiger partial charge in [0.2, 0.25) is 5.91 Å². The van der Waals surface area contributed by atoms with Gasteiger partial charge in [0.25, 0.3) is 0 Å². The number of halogens is 2. The molecule has 0 aliphatic heterocycles. The molecule has 0 spiro atoms. The zero-order valence-corrected chi connectivity index (χ0v) is 21.0. The Kier molecular flexibility index (Phi) is 11.1. The van der Waals surface area contributed by atoms with E-state index in [1.807, 2.05) is 30.3 Å². The topological polar surface area (TPSA) is 78.4 Å². The lowest BCUT2D eigenvalue weighted by atomic mass is 9.88. The fourth-order valence-electron chi connectivity index (χ4n) is 3.65. The van der Waals surface area contributed by atoms with Crippen molar-refractivity contribution in [3.05, 3.63) is 58.9 Å². The van der Waals surface area contributed by atoms with E-state index in [4.69, 9.17) is 11.6 Å². The number of carbonyl (C=O) groups is 1. The Hall–Kier alpha value is -1.87.